The summed E-state index contributed by atoms with van der Waals surface area (Å²) in [6, 6.07) is 10.9. The second-order valence-corrected chi connectivity index (χ2v) is 4.77. The van der Waals surface area contributed by atoms with Gasteiger partial charge in [-0.15, -0.1) is 11.3 Å². The third-order valence-corrected chi connectivity index (χ3v) is 3.10. The molecule has 2 aromatic rings. The molecule has 5 heteroatoms. The van der Waals surface area contributed by atoms with Crippen molar-refractivity contribution in [2.24, 2.45) is 0 Å². The molecule has 0 aliphatic carbocycles. The second-order valence-electron chi connectivity index (χ2n) is 3.74. The molecule has 0 spiro atoms. The maximum atomic E-state index is 11.6. The molecule has 1 amide bonds. The molecule has 0 aliphatic heterocycles. The van der Waals surface area contributed by atoms with Gasteiger partial charge in [-0.25, -0.2) is 0 Å². The van der Waals surface area contributed by atoms with E-state index in [0.717, 1.165) is 4.88 Å². The Balaban J connectivity index is 1.73. The number of hydrogen-bond donors (Lipinski definition) is 2. The van der Waals surface area contributed by atoms with Gasteiger partial charge in [-0.3, -0.25) is 4.79 Å². The van der Waals surface area contributed by atoms with Gasteiger partial charge >= 0.3 is 0 Å². The van der Waals surface area contributed by atoms with Gasteiger partial charge in [0.2, 0.25) is 5.91 Å². The summed E-state index contributed by atoms with van der Waals surface area (Å²) in [7, 11) is 0. The summed E-state index contributed by atoms with van der Waals surface area (Å²) < 4.78 is 5.31. The molecule has 3 N–H and O–H groups in total. The fourth-order valence-corrected chi connectivity index (χ4v) is 2.04. The van der Waals surface area contributed by atoms with E-state index < -0.39 is 0 Å². The number of carbonyl (C=O) groups is 1. The highest BCUT2D eigenvalue weighted by molar-refractivity contribution is 7.09. The number of anilines is 2. The standard InChI is InChI=1S/C13H14N2O2S/c14-10-3-5-11(6-4-10)15-13(16)9-17-8-12-2-1-7-18-12/h1-7H,8-9,14H2,(H,15,16). The normalized spacial score (nSPS) is 10.2. The van der Waals surface area contributed by atoms with Gasteiger partial charge in [0.1, 0.15) is 6.61 Å². The monoisotopic (exact) mass is 262 g/mol. The molecule has 1 aromatic carbocycles. The van der Waals surface area contributed by atoms with Crippen LogP contribution in [0.3, 0.4) is 0 Å². The van der Waals surface area contributed by atoms with Crippen molar-refractivity contribution in [3.63, 3.8) is 0 Å². The van der Waals surface area contributed by atoms with Crippen molar-refractivity contribution < 1.29 is 9.53 Å². The number of hydrogen-bond acceptors (Lipinski definition) is 4. The van der Waals surface area contributed by atoms with E-state index in [1.807, 2.05) is 17.5 Å². The zero-order valence-corrected chi connectivity index (χ0v) is 10.6. The van der Waals surface area contributed by atoms with Crippen molar-refractivity contribution in [3.05, 3.63) is 46.7 Å². The van der Waals surface area contributed by atoms with Crippen LogP contribution < -0.4 is 11.1 Å². The number of rotatable bonds is 5. The predicted molar refractivity (Wildman–Crippen MR) is 73.5 cm³/mol. The lowest BCUT2D eigenvalue weighted by Crippen LogP contribution is -2.18. The van der Waals surface area contributed by atoms with Crippen molar-refractivity contribution >= 4 is 28.6 Å². The minimum absolute atomic E-state index is 0.0439. The molecule has 4 nitrogen and oxygen atoms in total. The molecule has 0 fully saturated rings. The largest absolute Gasteiger partial charge is 0.399 e. The molecule has 0 saturated carbocycles. The lowest BCUT2D eigenvalue weighted by molar-refractivity contribution is -0.120. The molecule has 0 aliphatic rings. The van der Waals surface area contributed by atoms with Gasteiger partial charge in [0.15, 0.2) is 0 Å². The Morgan fingerprint density at radius 1 is 1.28 bits per heavy atom. The second kappa shape index (κ2) is 6.18. The summed E-state index contributed by atoms with van der Waals surface area (Å²) >= 11 is 1.61. The Morgan fingerprint density at radius 2 is 2.06 bits per heavy atom. The first-order chi connectivity index (χ1) is 8.74. The molecule has 18 heavy (non-hydrogen) atoms. The zero-order chi connectivity index (χ0) is 12.8. The summed E-state index contributed by atoms with van der Waals surface area (Å²) in [6.45, 7) is 0.509. The molecule has 1 aromatic heterocycles. The van der Waals surface area contributed by atoms with Crippen LogP contribution >= 0.6 is 11.3 Å². The first kappa shape index (κ1) is 12.6. The van der Waals surface area contributed by atoms with Crippen LogP contribution in [0.2, 0.25) is 0 Å². The molecule has 0 radical (unpaired) electrons. The van der Waals surface area contributed by atoms with E-state index in [2.05, 4.69) is 5.32 Å². The summed E-state index contributed by atoms with van der Waals surface area (Å²) in [5.74, 6) is -0.170. The fourth-order valence-electron chi connectivity index (χ4n) is 1.40. The molecule has 0 atom stereocenters. The summed E-state index contributed by atoms with van der Waals surface area (Å²) in [5.41, 5.74) is 6.94. The van der Waals surface area contributed by atoms with E-state index >= 15 is 0 Å². The first-order valence-electron chi connectivity index (χ1n) is 5.49. The highest BCUT2D eigenvalue weighted by atomic mass is 32.1. The minimum atomic E-state index is -0.170. The highest BCUT2D eigenvalue weighted by Gasteiger charge is 2.03. The van der Waals surface area contributed by atoms with Crippen LogP contribution in [0.15, 0.2) is 41.8 Å². The Morgan fingerprint density at radius 3 is 2.72 bits per heavy atom. The van der Waals surface area contributed by atoms with Gasteiger partial charge < -0.3 is 15.8 Å². The number of carbonyl (C=O) groups excluding carboxylic acids is 1. The Labute approximate surface area is 109 Å². The summed E-state index contributed by atoms with van der Waals surface area (Å²) in [4.78, 5) is 12.7. The molecule has 2 rings (SSSR count). The Hall–Kier alpha value is -1.85. The van der Waals surface area contributed by atoms with Crippen LogP contribution in [0.1, 0.15) is 4.88 Å². The molecule has 0 unspecified atom stereocenters. The van der Waals surface area contributed by atoms with E-state index in [4.69, 9.17) is 10.5 Å². The van der Waals surface area contributed by atoms with Gasteiger partial charge in [-0.05, 0) is 35.7 Å². The van der Waals surface area contributed by atoms with E-state index in [-0.39, 0.29) is 12.5 Å². The summed E-state index contributed by atoms with van der Waals surface area (Å²) in [6.07, 6.45) is 0. The van der Waals surface area contributed by atoms with Gasteiger partial charge in [0, 0.05) is 16.3 Å². The van der Waals surface area contributed by atoms with Crippen LogP contribution in [0.4, 0.5) is 11.4 Å². The third kappa shape index (κ3) is 3.87. The van der Waals surface area contributed by atoms with Crippen molar-refractivity contribution in [1.29, 1.82) is 0 Å². The number of benzene rings is 1. The van der Waals surface area contributed by atoms with Crippen molar-refractivity contribution in [3.8, 4) is 0 Å². The van der Waals surface area contributed by atoms with Crippen LogP contribution in [-0.2, 0) is 16.1 Å². The van der Waals surface area contributed by atoms with E-state index in [1.54, 1.807) is 35.6 Å². The van der Waals surface area contributed by atoms with E-state index in [9.17, 15) is 4.79 Å². The van der Waals surface area contributed by atoms with Gasteiger partial charge in [0.05, 0.1) is 6.61 Å². The highest BCUT2D eigenvalue weighted by Crippen LogP contribution is 2.11. The SMILES string of the molecule is Nc1ccc(NC(=O)COCc2cccs2)cc1. The maximum absolute atomic E-state index is 11.6. The minimum Gasteiger partial charge on any atom is -0.399 e. The van der Waals surface area contributed by atoms with E-state index in [0.29, 0.717) is 18.0 Å². The third-order valence-electron chi connectivity index (χ3n) is 2.25. The predicted octanol–water partition coefficient (Wildman–Crippen LogP) is 2.49. The smallest absolute Gasteiger partial charge is 0.250 e. The molecule has 94 valence electrons. The number of nitrogens with one attached hydrogen (secondary N) is 1. The lowest BCUT2D eigenvalue weighted by atomic mass is 10.3. The van der Waals surface area contributed by atoms with Crippen LogP contribution in [0.5, 0.6) is 0 Å². The van der Waals surface area contributed by atoms with Crippen LogP contribution in [-0.4, -0.2) is 12.5 Å². The Bertz CT molecular complexity index is 494. The number of thiophene rings is 1. The number of nitrogens with two attached hydrogens (primary N) is 1. The zero-order valence-electron chi connectivity index (χ0n) is 9.76. The van der Waals surface area contributed by atoms with Crippen molar-refractivity contribution in [1.82, 2.24) is 0 Å². The van der Waals surface area contributed by atoms with Gasteiger partial charge in [-0.2, -0.15) is 0 Å². The number of amides is 1. The van der Waals surface area contributed by atoms with Crippen LogP contribution in [0.25, 0.3) is 0 Å². The lowest BCUT2D eigenvalue weighted by Gasteiger charge is -2.05. The van der Waals surface area contributed by atoms with Crippen molar-refractivity contribution in [2.45, 2.75) is 6.61 Å². The summed E-state index contributed by atoms with van der Waals surface area (Å²) in [5, 5.41) is 4.71. The Kier molecular flexibility index (Phi) is 4.33. The molecule has 0 bridgehead atoms. The molecule has 0 saturated heterocycles. The van der Waals surface area contributed by atoms with Crippen molar-refractivity contribution in [2.75, 3.05) is 17.7 Å². The average molecular weight is 262 g/mol. The van der Waals surface area contributed by atoms with Gasteiger partial charge in [0.25, 0.3) is 0 Å². The fraction of sp³-hybridized carbons (Fsp3) is 0.154. The van der Waals surface area contributed by atoms with E-state index in [1.165, 1.54) is 0 Å². The number of ether oxygens (including phenoxy) is 1. The quantitative estimate of drug-likeness (QED) is 0.814. The van der Waals surface area contributed by atoms with Gasteiger partial charge in [-0.1, -0.05) is 6.07 Å². The molecule has 1 heterocycles. The number of nitrogen functional groups attached to an aromatic ring is 1. The molecular weight excluding hydrogens is 248 g/mol. The topological polar surface area (TPSA) is 64.3 Å². The first-order valence-corrected chi connectivity index (χ1v) is 6.37. The maximum Gasteiger partial charge on any atom is 0.250 e. The molecular formula is C13H14N2O2S. The average Bonchev–Trinajstić information content (AvgIpc) is 2.85. The van der Waals surface area contributed by atoms with Crippen LogP contribution in [0, 0.1) is 0 Å².